The van der Waals surface area contributed by atoms with Gasteiger partial charge in [-0.15, -0.1) is 0 Å². The Hall–Kier alpha value is -0.380. The smallest absolute Gasteiger partial charge is 0.0636 e. The van der Waals surface area contributed by atoms with E-state index in [-0.39, 0.29) is 6.10 Å². The fourth-order valence-electron chi connectivity index (χ4n) is 1.42. The average Bonchev–Trinajstić information content (AvgIpc) is 2.19. The highest BCUT2D eigenvalue weighted by Gasteiger charge is 2.04. The lowest BCUT2D eigenvalue weighted by Gasteiger charge is -2.15. The van der Waals surface area contributed by atoms with Gasteiger partial charge in [0, 0.05) is 17.1 Å². The normalized spacial score (nSPS) is 14.9. The Morgan fingerprint density at radius 3 is 2.40 bits per heavy atom. The molecule has 2 N–H and O–H groups in total. The van der Waals surface area contributed by atoms with Crippen LogP contribution < -0.4 is 5.32 Å². The molecule has 0 amide bonds. The molecule has 2 nitrogen and oxygen atoms in total. The van der Waals surface area contributed by atoms with Crippen molar-refractivity contribution in [2.75, 3.05) is 6.54 Å². The Balaban J connectivity index is 2.37. The molecule has 0 bridgehead atoms. The predicted molar refractivity (Wildman–Crippen MR) is 67.0 cm³/mol. The largest absolute Gasteiger partial charge is 0.392 e. The molecule has 1 aromatic carbocycles. The first-order valence-electron chi connectivity index (χ1n) is 5.24. The second-order valence-corrected chi connectivity index (χ2v) is 4.90. The van der Waals surface area contributed by atoms with Crippen molar-refractivity contribution in [3.05, 3.63) is 34.3 Å². The second-order valence-electron chi connectivity index (χ2n) is 3.99. The minimum absolute atomic E-state index is 0.280. The molecule has 0 radical (unpaired) electrons. The molecule has 0 unspecified atom stereocenters. The number of hydrogen-bond acceptors (Lipinski definition) is 2. The van der Waals surface area contributed by atoms with Gasteiger partial charge in [0.15, 0.2) is 0 Å². The Bertz CT molecular complexity index is 284. The van der Waals surface area contributed by atoms with Crippen molar-refractivity contribution in [3.8, 4) is 0 Å². The summed E-state index contributed by atoms with van der Waals surface area (Å²) in [6, 6.07) is 8.73. The van der Waals surface area contributed by atoms with Crippen LogP contribution in [0.15, 0.2) is 28.7 Å². The van der Waals surface area contributed by atoms with Crippen molar-refractivity contribution in [2.45, 2.75) is 32.4 Å². The molecule has 2 atom stereocenters. The summed E-state index contributed by atoms with van der Waals surface area (Å²) in [5.41, 5.74) is 1.31. The van der Waals surface area contributed by atoms with Gasteiger partial charge in [-0.05, 0) is 38.0 Å². The van der Waals surface area contributed by atoms with Crippen molar-refractivity contribution in [2.24, 2.45) is 0 Å². The first-order chi connectivity index (χ1) is 7.08. The summed E-state index contributed by atoms with van der Waals surface area (Å²) < 4.78 is 1.11. The van der Waals surface area contributed by atoms with Crippen LogP contribution in [0.5, 0.6) is 0 Å². The Labute approximate surface area is 99.8 Å². The maximum absolute atomic E-state index is 9.14. The minimum Gasteiger partial charge on any atom is -0.392 e. The molecule has 0 aliphatic heterocycles. The predicted octanol–water partition coefficient (Wildman–Crippen LogP) is 2.35. The summed E-state index contributed by atoms with van der Waals surface area (Å²) in [5.74, 6) is 0. The summed E-state index contributed by atoms with van der Waals surface area (Å²) in [5, 5.41) is 12.4. The topological polar surface area (TPSA) is 32.3 Å². The van der Waals surface area contributed by atoms with Gasteiger partial charge >= 0.3 is 0 Å². The van der Waals surface area contributed by atoms with Crippen molar-refractivity contribution >= 4 is 15.9 Å². The van der Waals surface area contributed by atoms with Crippen LogP contribution in [0.4, 0.5) is 0 Å². The van der Waals surface area contributed by atoms with Crippen LogP contribution in [0.3, 0.4) is 0 Å². The van der Waals surface area contributed by atoms with Crippen LogP contribution in [0.2, 0.25) is 0 Å². The lowest BCUT2D eigenvalue weighted by Crippen LogP contribution is -2.33. The standard InChI is InChI=1S/C12H18BrNO/c1-9(14-8-10(2)15)7-11-3-5-12(13)6-4-11/h3-6,9-10,14-15H,7-8H2,1-2H3/t9-,10-/m1/s1. The van der Waals surface area contributed by atoms with E-state index >= 15 is 0 Å². The number of halogens is 1. The number of rotatable bonds is 5. The van der Waals surface area contributed by atoms with Gasteiger partial charge in [-0.25, -0.2) is 0 Å². The first-order valence-corrected chi connectivity index (χ1v) is 6.03. The van der Waals surface area contributed by atoms with E-state index in [0.717, 1.165) is 10.9 Å². The van der Waals surface area contributed by atoms with E-state index in [2.05, 4.69) is 52.4 Å². The monoisotopic (exact) mass is 271 g/mol. The molecular weight excluding hydrogens is 254 g/mol. The molecule has 0 saturated carbocycles. The number of nitrogens with one attached hydrogen (secondary N) is 1. The fraction of sp³-hybridized carbons (Fsp3) is 0.500. The Morgan fingerprint density at radius 1 is 1.27 bits per heavy atom. The van der Waals surface area contributed by atoms with Gasteiger partial charge in [-0.3, -0.25) is 0 Å². The zero-order valence-electron chi connectivity index (χ0n) is 9.20. The molecule has 3 heteroatoms. The molecule has 0 spiro atoms. The SMILES string of the molecule is C[C@H](Cc1ccc(Br)cc1)NC[C@@H](C)O. The first kappa shape index (κ1) is 12.7. The third kappa shape index (κ3) is 5.30. The van der Waals surface area contributed by atoms with Gasteiger partial charge in [0.1, 0.15) is 0 Å². The zero-order chi connectivity index (χ0) is 11.3. The molecule has 15 heavy (non-hydrogen) atoms. The van der Waals surface area contributed by atoms with Crippen LogP contribution in [-0.4, -0.2) is 23.8 Å². The maximum atomic E-state index is 9.14. The molecule has 0 saturated heterocycles. The molecule has 1 rings (SSSR count). The second kappa shape index (κ2) is 6.26. The van der Waals surface area contributed by atoms with Gasteiger partial charge in [0.2, 0.25) is 0 Å². The third-order valence-electron chi connectivity index (χ3n) is 2.22. The highest BCUT2D eigenvalue weighted by Crippen LogP contribution is 2.11. The Morgan fingerprint density at radius 2 is 1.87 bits per heavy atom. The molecule has 0 aliphatic carbocycles. The molecule has 0 fully saturated rings. The van der Waals surface area contributed by atoms with E-state index in [0.29, 0.717) is 12.6 Å². The molecule has 0 heterocycles. The Kier molecular flexibility index (Phi) is 5.29. The zero-order valence-corrected chi connectivity index (χ0v) is 10.8. The van der Waals surface area contributed by atoms with Gasteiger partial charge in [-0.1, -0.05) is 28.1 Å². The summed E-state index contributed by atoms with van der Waals surface area (Å²) in [7, 11) is 0. The van der Waals surface area contributed by atoms with Crippen LogP contribution in [0, 0.1) is 0 Å². The highest BCUT2D eigenvalue weighted by molar-refractivity contribution is 9.10. The van der Waals surface area contributed by atoms with E-state index in [1.54, 1.807) is 6.92 Å². The third-order valence-corrected chi connectivity index (χ3v) is 2.75. The van der Waals surface area contributed by atoms with E-state index in [1.807, 2.05) is 0 Å². The average molecular weight is 272 g/mol. The summed E-state index contributed by atoms with van der Waals surface area (Å²) in [6.45, 7) is 4.57. The summed E-state index contributed by atoms with van der Waals surface area (Å²) >= 11 is 3.41. The molecule has 0 aliphatic rings. The van der Waals surface area contributed by atoms with E-state index in [1.165, 1.54) is 5.56 Å². The quantitative estimate of drug-likeness (QED) is 0.862. The molecule has 84 valence electrons. The van der Waals surface area contributed by atoms with Gasteiger partial charge < -0.3 is 10.4 Å². The highest BCUT2D eigenvalue weighted by atomic mass is 79.9. The molecular formula is C12H18BrNO. The van der Waals surface area contributed by atoms with E-state index in [4.69, 9.17) is 5.11 Å². The number of aliphatic hydroxyl groups is 1. The van der Waals surface area contributed by atoms with Crippen LogP contribution in [0.25, 0.3) is 0 Å². The summed E-state index contributed by atoms with van der Waals surface area (Å²) in [6.07, 6.45) is 0.706. The van der Waals surface area contributed by atoms with Crippen molar-refractivity contribution in [1.82, 2.24) is 5.32 Å². The molecule has 1 aromatic rings. The maximum Gasteiger partial charge on any atom is 0.0636 e. The summed E-state index contributed by atoms with van der Waals surface area (Å²) in [4.78, 5) is 0. The van der Waals surface area contributed by atoms with Crippen molar-refractivity contribution < 1.29 is 5.11 Å². The van der Waals surface area contributed by atoms with Gasteiger partial charge in [0.25, 0.3) is 0 Å². The minimum atomic E-state index is -0.280. The number of benzene rings is 1. The number of aliphatic hydroxyl groups excluding tert-OH is 1. The van der Waals surface area contributed by atoms with Gasteiger partial charge in [-0.2, -0.15) is 0 Å². The molecule has 0 aromatic heterocycles. The van der Waals surface area contributed by atoms with Crippen LogP contribution >= 0.6 is 15.9 Å². The van der Waals surface area contributed by atoms with Crippen molar-refractivity contribution in [1.29, 1.82) is 0 Å². The van der Waals surface area contributed by atoms with Gasteiger partial charge in [0.05, 0.1) is 6.10 Å². The van der Waals surface area contributed by atoms with Crippen molar-refractivity contribution in [3.63, 3.8) is 0 Å². The van der Waals surface area contributed by atoms with E-state index in [9.17, 15) is 0 Å². The lowest BCUT2D eigenvalue weighted by atomic mass is 10.1. The van der Waals surface area contributed by atoms with Crippen LogP contribution in [-0.2, 0) is 6.42 Å². The lowest BCUT2D eigenvalue weighted by molar-refractivity contribution is 0.187. The van der Waals surface area contributed by atoms with E-state index < -0.39 is 0 Å². The fourth-order valence-corrected chi connectivity index (χ4v) is 1.68. The van der Waals surface area contributed by atoms with Crippen LogP contribution in [0.1, 0.15) is 19.4 Å². The number of hydrogen-bond donors (Lipinski definition) is 2.